The van der Waals surface area contributed by atoms with Crippen molar-refractivity contribution in [3.63, 3.8) is 0 Å². The molecular weight excluding hydrogens is 194 g/mol. The Morgan fingerprint density at radius 3 is 2.73 bits per heavy atom. The van der Waals surface area contributed by atoms with Gasteiger partial charge < -0.3 is 4.74 Å². The van der Waals surface area contributed by atoms with E-state index in [-0.39, 0.29) is 6.10 Å². The van der Waals surface area contributed by atoms with Crippen molar-refractivity contribution >= 4 is 6.09 Å². The number of hydrogen-bond donors (Lipinski definition) is 0. The summed E-state index contributed by atoms with van der Waals surface area (Å²) in [5.41, 5.74) is 8.06. The highest BCUT2D eigenvalue weighted by atomic mass is 16.6. The third kappa shape index (κ3) is 3.64. The van der Waals surface area contributed by atoms with Gasteiger partial charge >= 0.3 is 6.09 Å². The van der Waals surface area contributed by atoms with Gasteiger partial charge in [0.15, 0.2) is 0 Å². The summed E-state index contributed by atoms with van der Waals surface area (Å²) in [7, 11) is 0. The van der Waals surface area contributed by atoms with E-state index in [1.807, 2.05) is 0 Å². The van der Waals surface area contributed by atoms with Gasteiger partial charge in [0.2, 0.25) is 0 Å². The fraction of sp³-hybridized carbons (Fsp3) is 0.700. The first-order chi connectivity index (χ1) is 7.27. The van der Waals surface area contributed by atoms with Crippen LogP contribution in [0.5, 0.6) is 0 Å². The number of ether oxygens (including phenoxy) is 1. The first kappa shape index (κ1) is 11.6. The molecule has 1 aliphatic rings. The molecule has 0 aromatic heterocycles. The first-order valence-corrected chi connectivity index (χ1v) is 5.16. The highest BCUT2D eigenvalue weighted by molar-refractivity contribution is 5.68. The number of nitrogens with zero attached hydrogens (tertiary/aromatic N) is 3. The van der Waals surface area contributed by atoms with Crippen LogP contribution >= 0.6 is 0 Å². The van der Waals surface area contributed by atoms with Gasteiger partial charge in [-0.05, 0) is 24.3 Å². The van der Waals surface area contributed by atoms with E-state index in [2.05, 4.69) is 16.6 Å². The maximum atomic E-state index is 11.0. The molecule has 0 aromatic carbocycles. The van der Waals surface area contributed by atoms with E-state index in [1.165, 1.54) is 6.42 Å². The Kier molecular flexibility index (Phi) is 4.71. The molecule has 0 saturated heterocycles. The molecule has 5 nitrogen and oxygen atoms in total. The van der Waals surface area contributed by atoms with Gasteiger partial charge in [0.1, 0.15) is 6.10 Å². The Bertz CT molecular complexity index is 278. The van der Waals surface area contributed by atoms with Gasteiger partial charge in [0, 0.05) is 10.0 Å². The molecule has 1 atom stereocenters. The van der Waals surface area contributed by atoms with Crippen molar-refractivity contribution < 1.29 is 9.53 Å². The summed E-state index contributed by atoms with van der Waals surface area (Å²) >= 11 is 0. The van der Waals surface area contributed by atoms with Crippen LogP contribution in [0.3, 0.4) is 0 Å². The molecule has 0 spiro atoms. The summed E-state index contributed by atoms with van der Waals surface area (Å²) in [6.07, 6.45) is 6.07. The summed E-state index contributed by atoms with van der Waals surface area (Å²) in [5.74, 6) is 0.328. The number of rotatable bonds is 3. The van der Waals surface area contributed by atoms with Gasteiger partial charge in [-0.25, -0.2) is 4.79 Å². The normalized spacial score (nSPS) is 18.7. The van der Waals surface area contributed by atoms with Crippen LogP contribution in [0.1, 0.15) is 32.1 Å². The monoisotopic (exact) mass is 209 g/mol. The van der Waals surface area contributed by atoms with E-state index in [4.69, 9.17) is 10.3 Å². The van der Waals surface area contributed by atoms with E-state index in [0.29, 0.717) is 5.92 Å². The minimum Gasteiger partial charge on any atom is -0.453 e. The SMILES string of the molecule is C=C[C@H](OC(=O)N=[N+]=[N-])C1CCCCC1. The zero-order valence-electron chi connectivity index (χ0n) is 8.63. The van der Waals surface area contributed by atoms with Crippen LogP contribution in [0.2, 0.25) is 0 Å². The predicted molar refractivity (Wildman–Crippen MR) is 56.2 cm³/mol. The van der Waals surface area contributed by atoms with Gasteiger partial charge in [-0.3, -0.25) is 0 Å². The molecule has 0 unspecified atom stereocenters. The van der Waals surface area contributed by atoms with Crippen LogP contribution < -0.4 is 0 Å². The lowest BCUT2D eigenvalue weighted by atomic mass is 9.85. The number of hydrogen-bond acceptors (Lipinski definition) is 2. The number of amides is 1. The Balaban J connectivity index is 2.50. The largest absolute Gasteiger partial charge is 0.453 e. The van der Waals surface area contributed by atoms with Gasteiger partial charge in [0.05, 0.1) is 0 Å². The second kappa shape index (κ2) is 6.09. The summed E-state index contributed by atoms with van der Waals surface area (Å²) in [4.78, 5) is 13.3. The number of azide groups is 1. The zero-order valence-corrected chi connectivity index (χ0v) is 8.63. The molecule has 1 saturated carbocycles. The molecule has 1 rings (SSSR count). The molecule has 0 aliphatic heterocycles. The van der Waals surface area contributed by atoms with E-state index >= 15 is 0 Å². The second-order valence-corrected chi connectivity index (χ2v) is 3.67. The maximum absolute atomic E-state index is 11.0. The Morgan fingerprint density at radius 2 is 2.20 bits per heavy atom. The maximum Gasteiger partial charge on any atom is 0.397 e. The van der Waals surface area contributed by atoms with Crippen LogP contribution in [0, 0.1) is 5.92 Å². The highest BCUT2D eigenvalue weighted by Crippen LogP contribution is 2.28. The highest BCUT2D eigenvalue weighted by Gasteiger charge is 2.23. The predicted octanol–water partition coefficient (Wildman–Crippen LogP) is 3.57. The van der Waals surface area contributed by atoms with E-state index in [0.717, 1.165) is 25.7 Å². The van der Waals surface area contributed by atoms with Gasteiger partial charge in [-0.2, -0.15) is 0 Å². The van der Waals surface area contributed by atoms with Crippen molar-refractivity contribution in [3.05, 3.63) is 23.1 Å². The molecule has 82 valence electrons. The van der Waals surface area contributed by atoms with Crippen molar-refractivity contribution in [2.24, 2.45) is 11.0 Å². The summed E-state index contributed by atoms with van der Waals surface area (Å²) in [6.45, 7) is 3.64. The fourth-order valence-electron chi connectivity index (χ4n) is 1.98. The van der Waals surface area contributed by atoms with Crippen molar-refractivity contribution in [2.75, 3.05) is 0 Å². The topological polar surface area (TPSA) is 75.1 Å². The van der Waals surface area contributed by atoms with Crippen LogP contribution in [0.25, 0.3) is 10.4 Å². The third-order valence-corrected chi connectivity index (χ3v) is 2.71. The lowest BCUT2D eigenvalue weighted by Crippen LogP contribution is -2.25. The molecule has 15 heavy (non-hydrogen) atoms. The van der Waals surface area contributed by atoms with E-state index < -0.39 is 6.09 Å². The molecule has 0 heterocycles. The number of carbonyl (C=O) groups is 1. The second-order valence-electron chi connectivity index (χ2n) is 3.67. The van der Waals surface area contributed by atoms with E-state index in [1.54, 1.807) is 6.08 Å². The average Bonchev–Trinajstić information content (AvgIpc) is 2.27. The number of carbonyl (C=O) groups excluding carboxylic acids is 1. The molecule has 1 aliphatic carbocycles. The lowest BCUT2D eigenvalue weighted by Gasteiger charge is -2.27. The minimum atomic E-state index is -0.868. The molecular formula is C10H15N3O2. The molecule has 1 amide bonds. The van der Waals surface area contributed by atoms with Crippen molar-refractivity contribution in [3.8, 4) is 0 Å². The zero-order chi connectivity index (χ0) is 11.1. The Labute approximate surface area is 88.7 Å². The summed E-state index contributed by atoms with van der Waals surface area (Å²) < 4.78 is 5.00. The third-order valence-electron chi connectivity index (χ3n) is 2.71. The van der Waals surface area contributed by atoms with Crippen LogP contribution in [0.15, 0.2) is 17.8 Å². The van der Waals surface area contributed by atoms with Gasteiger partial charge in [-0.15, -0.1) is 0 Å². The van der Waals surface area contributed by atoms with Crippen LogP contribution in [0.4, 0.5) is 4.79 Å². The van der Waals surface area contributed by atoms with E-state index in [9.17, 15) is 4.79 Å². The molecule has 5 heteroatoms. The smallest absolute Gasteiger partial charge is 0.397 e. The summed E-state index contributed by atoms with van der Waals surface area (Å²) in [6, 6.07) is 0. The quantitative estimate of drug-likeness (QED) is 0.308. The van der Waals surface area contributed by atoms with Crippen LogP contribution in [-0.2, 0) is 4.74 Å². The molecule has 0 bridgehead atoms. The fourth-order valence-corrected chi connectivity index (χ4v) is 1.98. The van der Waals surface area contributed by atoms with Crippen molar-refractivity contribution in [1.29, 1.82) is 0 Å². The first-order valence-electron chi connectivity index (χ1n) is 5.16. The molecule has 0 aromatic rings. The summed E-state index contributed by atoms with van der Waals surface area (Å²) in [5, 5.41) is 2.88. The molecule has 0 radical (unpaired) electrons. The Hall–Kier alpha value is -1.48. The Morgan fingerprint density at radius 1 is 1.53 bits per heavy atom. The lowest BCUT2D eigenvalue weighted by molar-refractivity contribution is 0.0830. The molecule has 0 N–H and O–H groups in total. The van der Waals surface area contributed by atoms with Crippen molar-refractivity contribution in [1.82, 2.24) is 0 Å². The minimum absolute atomic E-state index is 0.316. The van der Waals surface area contributed by atoms with Gasteiger partial charge in [-0.1, -0.05) is 31.9 Å². The van der Waals surface area contributed by atoms with Crippen molar-refractivity contribution in [2.45, 2.75) is 38.2 Å². The van der Waals surface area contributed by atoms with Gasteiger partial charge in [0.25, 0.3) is 0 Å². The molecule has 1 fully saturated rings. The van der Waals surface area contributed by atoms with Crippen LogP contribution in [-0.4, -0.2) is 12.2 Å². The average molecular weight is 209 g/mol. The standard InChI is InChI=1S/C10H15N3O2/c1-2-9(15-10(14)12-13-11)8-6-4-3-5-7-8/h2,8-9H,1,3-7H2/t9-/m0/s1.